The molecule has 2 aliphatic heterocycles. The number of rotatable bonds is 1. The molecule has 2 aromatic carbocycles. The number of nitrogens with zero attached hydrogens (tertiary/aromatic N) is 1. The van der Waals surface area contributed by atoms with Crippen molar-refractivity contribution >= 4 is 35.7 Å². The largest absolute Gasteiger partial charge is 0.484 e. The topological polar surface area (TPSA) is 34.1 Å². The van der Waals surface area contributed by atoms with Crippen molar-refractivity contribution in [3.05, 3.63) is 59.5 Å². The second-order valence-electron chi connectivity index (χ2n) is 7.79. The maximum absolute atomic E-state index is 15.0. The van der Waals surface area contributed by atoms with Gasteiger partial charge in [-0.1, -0.05) is 18.2 Å². The molecule has 3 nitrogen and oxygen atoms in total. The van der Waals surface area contributed by atoms with Crippen LogP contribution in [0.3, 0.4) is 0 Å². The number of pyridine rings is 1. The molecule has 6 heteroatoms. The van der Waals surface area contributed by atoms with Gasteiger partial charge >= 0.3 is 0 Å². The Bertz CT molecular complexity index is 1030. The zero-order valence-electron chi connectivity index (χ0n) is 16.3. The molecular weight excluding hydrogens is 410 g/mol. The number of aryl methyl sites for hydroxylation is 2. The second-order valence-corrected chi connectivity index (χ2v) is 7.79. The van der Waals surface area contributed by atoms with E-state index in [9.17, 15) is 0 Å². The first kappa shape index (κ1) is 21.8. The van der Waals surface area contributed by atoms with Gasteiger partial charge in [0.2, 0.25) is 0 Å². The highest BCUT2D eigenvalue weighted by Crippen LogP contribution is 2.42. The van der Waals surface area contributed by atoms with Gasteiger partial charge in [0.25, 0.3) is 0 Å². The van der Waals surface area contributed by atoms with Crippen molar-refractivity contribution in [2.75, 3.05) is 13.1 Å². The second kappa shape index (κ2) is 8.47. The molecule has 3 heterocycles. The minimum absolute atomic E-state index is 0. The molecule has 0 radical (unpaired) electrons. The predicted molar refractivity (Wildman–Crippen MR) is 120 cm³/mol. The third-order valence-corrected chi connectivity index (χ3v) is 6.14. The molecule has 29 heavy (non-hydrogen) atoms. The molecule has 0 aliphatic carbocycles. The van der Waals surface area contributed by atoms with Crippen molar-refractivity contribution in [3.8, 4) is 16.9 Å². The summed E-state index contributed by atoms with van der Waals surface area (Å²) in [4.78, 5) is 4.51. The van der Waals surface area contributed by atoms with E-state index >= 15 is 4.39 Å². The van der Waals surface area contributed by atoms with E-state index in [0.29, 0.717) is 5.75 Å². The van der Waals surface area contributed by atoms with Crippen LogP contribution in [0.15, 0.2) is 42.6 Å². The Hall–Kier alpha value is -1.88. The smallest absolute Gasteiger partial charge is 0.166 e. The molecule has 0 atom stereocenters. The lowest BCUT2D eigenvalue weighted by molar-refractivity contribution is 0.0132. The van der Waals surface area contributed by atoms with E-state index in [2.05, 4.69) is 41.5 Å². The molecule has 0 bridgehead atoms. The number of halogens is 3. The third kappa shape index (κ3) is 3.81. The van der Waals surface area contributed by atoms with Gasteiger partial charge in [-0.25, -0.2) is 4.39 Å². The van der Waals surface area contributed by atoms with E-state index in [4.69, 9.17) is 4.74 Å². The Kier molecular flexibility index (Phi) is 6.37. The summed E-state index contributed by atoms with van der Waals surface area (Å²) >= 11 is 0. The SMILES string of the molecule is Cc1c(-c2cc(F)c3c(c2)CCC2(CCNCC2)O3)ccc2cccnc12.Cl.Cl. The summed E-state index contributed by atoms with van der Waals surface area (Å²) in [6, 6.07) is 11.8. The standard InChI is InChI=1S/C23H23FN2O.2ClH/c1-15-19(5-4-16-3-2-10-26-21(15)16)18-13-17-6-7-23(8-11-25-12-9-23)27-22(17)20(24)14-18;;/h2-5,10,13-14,25H,6-9,11-12H2,1H3;2*1H. The van der Waals surface area contributed by atoms with Crippen LogP contribution >= 0.6 is 24.8 Å². The predicted octanol–water partition coefficient (Wildman–Crippen LogP) is 5.64. The van der Waals surface area contributed by atoms with E-state index < -0.39 is 0 Å². The quantitative estimate of drug-likeness (QED) is 0.537. The number of piperidine rings is 1. The highest BCUT2D eigenvalue weighted by atomic mass is 35.5. The number of nitrogens with one attached hydrogen (secondary N) is 1. The molecule has 2 aliphatic rings. The van der Waals surface area contributed by atoms with Gasteiger partial charge in [-0.05, 0) is 86.1 Å². The Morgan fingerprint density at radius 1 is 1.07 bits per heavy atom. The first-order valence-corrected chi connectivity index (χ1v) is 9.72. The lowest BCUT2D eigenvalue weighted by Crippen LogP contribution is -2.48. The summed E-state index contributed by atoms with van der Waals surface area (Å²) in [5.41, 5.74) is 4.78. The minimum atomic E-state index is -0.249. The Morgan fingerprint density at radius 3 is 2.66 bits per heavy atom. The summed E-state index contributed by atoms with van der Waals surface area (Å²) in [7, 11) is 0. The monoisotopic (exact) mass is 434 g/mol. The zero-order chi connectivity index (χ0) is 18.4. The highest BCUT2D eigenvalue weighted by molar-refractivity contribution is 5.88. The van der Waals surface area contributed by atoms with Crippen LogP contribution in [0.5, 0.6) is 5.75 Å². The van der Waals surface area contributed by atoms with Crippen LogP contribution in [0.2, 0.25) is 0 Å². The molecule has 154 valence electrons. The lowest BCUT2D eigenvalue weighted by atomic mass is 9.83. The molecule has 1 fully saturated rings. The third-order valence-electron chi connectivity index (χ3n) is 6.14. The lowest BCUT2D eigenvalue weighted by Gasteiger charge is -2.41. The van der Waals surface area contributed by atoms with Crippen molar-refractivity contribution in [2.45, 2.75) is 38.2 Å². The summed E-state index contributed by atoms with van der Waals surface area (Å²) in [5.74, 6) is 0.212. The number of benzene rings is 2. The van der Waals surface area contributed by atoms with E-state index in [1.807, 2.05) is 6.07 Å². The fourth-order valence-electron chi connectivity index (χ4n) is 4.57. The number of ether oxygens (including phenoxy) is 1. The van der Waals surface area contributed by atoms with E-state index in [1.165, 1.54) is 0 Å². The zero-order valence-corrected chi connectivity index (χ0v) is 18.0. The Morgan fingerprint density at radius 2 is 1.86 bits per heavy atom. The van der Waals surface area contributed by atoms with Crippen LogP contribution in [0.25, 0.3) is 22.0 Å². The van der Waals surface area contributed by atoms with Crippen LogP contribution in [0.1, 0.15) is 30.4 Å². The van der Waals surface area contributed by atoms with Crippen molar-refractivity contribution in [1.29, 1.82) is 0 Å². The summed E-state index contributed by atoms with van der Waals surface area (Å²) in [6.45, 7) is 3.94. The van der Waals surface area contributed by atoms with Gasteiger partial charge < -0.3 is 10.1 Å². The van der Waals surface area contributed by atoms with Gasteiger partial charge in [-0.3, -0.25) is 4.98 Å². The van der Waals surface area contributed by atoms with E-state index in [-0.39, 0.29) is 36.2 Å². The van der Waals surface area contributed by atoms with Crippen molar-refractivity contribution in [2.24, 2.45) is 0 Å². The summed E-state index contributed by atoms with van der Waals surface area (Å²) in [6.07, 6.45) is 5.53. The maximum Gasteiger partial charge on any atom is 0.166 e. The van der Waals surface area contributed by atoms with Gasteiger partial charge in [0, 0.05) is 11.6 Å². The van der Waals surface area contributed by atoms with Gasteiger partial charge in [0.05, 0.1) is 5.52 Å². The van der Waals surface area contributed by atoms with Gasteiger partial charge in [-0.2, -0.15) is 0 Å². The average molecular weight is 435 g/mol. The summed E-state index contributed by atoms with van der Waals surface area (Å²) in [5, 5.41) is 4.47. The molecule has 1 N–H and O–H groups in total. The maximum atomic E-state index is 15.0. The van der Waals surface area contributed by atoms with Crippen LogP contribution in [0.4, 0.5) is 4.39 Å². The Labute approximate surface area is 182 Å². The number of aromatic nitrogens is 1. The molecule has 1 aromatic heterocycles. The van der Waals surface area contributed by atoms with Crippen LogP contribution in [-0.4, -0.2) is 23.7 Å². The normalized spacial score (nSPS) is 17.0. The molecule has 1 saturated heterocycles. The summed E-state index contributed by atoms with van der Waals surface area (Å²) < 4.78 is 21.3. The molecule has 3 aromatic rings. The molecule has 1 spiro atoms. The number of hydrogen-bond donors (Lipinski definition) is 1. The first-order valence-electron chi connectivity index (χ1n) is 9.72. The Balaban J connectivity index is 0.00000120. The van der Waals surface area contributed by atoms with Gasteiger partial charge in [0.15, 0.2) is 11.6 Å². The number of fused-ring (bicyclic) bond motifs is 2. The van der Waals surface area contributed by atoms with Crippen molar-refractivity contribution in [1.82, 2.24) is 10.3 Å². The van der Waals surface area contributed by atoms with Crippen LogP contribution < -0.4 is 10.1 Å². The van der Waals surface area contributed by atoms with Crippen molar-refractivity contribution in [3.63, 3.8) is 0 Å². The minimum Gasteiger partial charge on any atom is -0.484 e. The average Bonchev–Trinajstić information content (AvgIpc) is 2.70. The molecule has 5 rings (SSSR count). The van der Waals surface area contributed by atoms with Crippen LogP contribution in [0, 0.1) is 12.7 Å². The van der Waals surface area contributed by atoms with E-state index in [0.717, 1.165) is 71.9 Å². The number of hydrogen-bond acceptors (Lipinski definition) is 3. The van der Waals surface area contributed by atoms with Crippen molar-refractivity contribution < 1.29 is 9.13 Å². The first-order chi connectivity index (χ1) is 13.2. The van der Waals surface area contributed by atoms with Gasteiger partial charge in [0.1, 0.15) is 5.60 Å². The highest BCUT2D eigenvalue weighted by Gasteiger charge is 2.38. The fourth-order valence-corrected chi connectivity index (χ4v) is 4.57. The molecular formula is C23H25Cl2FN2O. The van der Waals surface area contributed by atoms with Crippen LogP contribution in [-0.2, 0) is 6.42 Å². The molecule has 0 amide bonds. The van der Waals surface area contributed by atoms with E-state index in [1.54, 1.807) is 12.3 Å². The fraction of sp³-hybridized carbons (Fsp3) is 0.348. The molecule has 0 unspecified atom stereocenters. The molecule has 0 saturated carbocycles. The van der Waals surface area contributed by atoms with Gasteiger partial charge in [-0.15, -0.1) is 24.8 Å².